The first-order valence-corrected chi connectivity index (χ1v) is 10.4. The first kappa shape index (κ1) is 20.8. The van der Waals surface area contributed by atoms with Crippen LogP contribution in [0.3, 0.4) is 0 Å². The van der Waals surface area contributed by atoms with Crippen molar-refractivity contribution < 1.29 is 24.0 Å². The fourth-order valence-electron chi connectivity index (χ4n) is 4.29. The van der Waals surface area contributed by atoms with Crippen molar-refractivity contribution in [2.45, 2.75) is 32.6 Å². The number of oxime groups is 1. The third kappa shape index (κ3) is 3.95. The lowest BCUT2D eigenvalue weighted by molar-refractivity contribution is -0.122. The van der Waals surface area contributed by atoms with Gasteiger partial charge in [0.25, 0.3) is 0 Å². The molecule has 2 unspecified atom stereocenters. The molecular weight excluding hydrogens is 396 g/mol. The highest BCUT2D eigenvalue weighted by Gasteiger charge is 2.48. The van der Waals surface area contributed by atoms with Crippen LogP contribution in [0.25, 0.3) is 0 Å². The molecule has 2 aliphatic rings. The number of amides is 2. The molecule has 1 aliphatic heterocycles. The number of imide groups is 1. The normalized spacial score (nSPS) is 21.1. The number of carbonyl (C=O) groups is 3. The van der Waals surface area contributed by atoms with Gasteiger partial charge in [0.1, 0.15) is 11.3 Å². The highest BCUT2D eigenvalue weighted by molar-refractivity contribution is 6.22. The van der Waals surface area contributed by atoms with Crippen LogP contribution in [0.1, 0.15) is 48.5 Å². The monoisotopic (exact) mass is 420 g/mol. The third-order valence-electron chi connectivity index (χ3n) is 5.98. The van der Waals surface area contributed by atoms with Crippen LogP contribution in [0.2, 0.25) is 0 Å². The van der Waals surface area contributed by atoms with E-state index in [0.29, 0.717) is 22.7 Å². The molecule has 2 fully saturated rings. The van der Waals surface area contributed by atoms with Gasteiger partial charge >= 0.3 is 5.97 Å². The van der Waals surface area contributed by atoms with Gasteiger partial charge in [0.2, 0.25) is 11.8 Å². The number of benzene rings is 2. The summed E-state index contributed by atoms with van der Waals surface area (Å²) in [5.41, 5.74) is 2.05. The lowest BCUT2D eigenvalue weighted by Gasteiger charge is -2.19. The number of ether oxygens (including phenoxy) is 1. The zero-order valence-corrected chi connectivity index (χ0v) is 17.5. The number of anilines is 1. The minimum atomic E-state index is -0.621. The van der Waals surface area contributed by atoms with Crippen LogP contribution < -0.4 is 9.64 Å². The molecule has 2 atom stereocenters. The molecule has 1 aliphatic carbocycles. The molecule has 2 aromatic carbocycles. The van der Waals surface area contributed by atoms with E-state index >= 15 is 0 Å². The van der Waals surface area contributed by atoms with Crippen molar-refractivity contribution in [2.24, 2.45) is 17.0 Å². The fraction of sp³-hybridized carbons (Fsp3) is 0.333. The maximum absolute atomic E-state index is 12.7. The number of nitrogens with zero attached hydrogens (tertiary/aromatic N) is 2. The SMILES string of the molecule is COc1ccccc1C(=O)O/N=C(/C)c1ccc(N2C(=O)C3CCCCC3C2=O)cc1. The van der Waals surface area contributed by atoms with Crippen LogP contribution in [-0.2, 0) is 14.4 Å². The lowest BCUT2D eigenvalue weighted by Crippen LogP contribution is -2.30. The van der Waals surface area contributed by atoms with Gasteiger partial charge in [0.15, 0.2) is 0 Å². The van der Waals surface area contributed by atoms with Gasteiger partial charge in [-0.15, -0.1) is 0 Å². The number of carbonyl (C=O) groups excluding carboxylic acids is 3. The average Bonchev–Trinajstić information content (AvgIpc) is 3.07. The Kier molecular flexibility index (Phi) is 5.84. The molecule has 7 heteroatoms. The van der Waals surface area contributed by atoms with Gasteiger partial charge in [-0.05, 0) is 49.6 Å². The molecule has 0 spiro atoms. The van der Waals surface area contributed by atoms with E-state index in [1.54, 1.807) is 55.5 Å². The van der Waals surface area contributed by atoms with Crippen LogP contribution in [0, 0.1) is 11.8 Å². The Labute approximate surface area is 180 Å². The van der Waals surface area contributed by atoms with Crippen molar-refractivity contribution >= 4 is 29.2 Å². The van der Waals surface area contributed by atoms with Gasteiger partial charge in [-0.1, -0.05) is 42.3 Å². The van der Waals surface area contributed by atoms with Crippen molar-refractivity contribution in [3.8, 4) is 5.75 Å². The van der Waals surface area contributed by atoms with Crippen molar-refractivity contribution in [2.75, 3.05) is 12.0 Å². The van der Waals surface area contributed by atoms with E-state index < -0.39 is 5.97 Å². The van der Waals surface area contributed by atoms with Crippen LogP contribution >= 0.6 is 0 Å². The van der Waals surface area contributed by atoms with Gasteiger partial charge in [0.05, 0.1) is 30.3 Å². The predicted octanol–water partition coefficient (Wildman–Crippen LogP) is 3.96. The van der Waals surface area contributed by atoms with Crippen LogP contribution in [0.15, 0.2) is 53.7 Å². The van der Waals surface area contributed by atoms with Gasteiger partial charge in [-0.2, -0.15) is 0 Å². The maximum atomic E-state index is 12.7. The third-order valence-corrected chi connectivity index (χ3v) is 5.98. The molecule has 2 amide bonds. The van der Waals surface area contributed by atoms with Gasteiger partial charge in [-0.25, -0.2) is 4.79 Å². The number of hydrogen-bond acceptors (Lipinski definition) is 6. The second kappa shape index (κ2) is 8.71. The summed E-state index contributed by atoms with van der Waals surface area (Å²) in [4.78, 5) is 44.2. The fourth-order valence-corrected chi connectivity index (χ4v) is 4.29. The number of hydrogen-bond donors (Lipinski definition) is 0. The highest BCUT2D eigenvalue weighted by atomic mass is 16.7. The van der Waals surface area contributed by atoms with Crippen molar-refractivity contribution in [3.63, 3.8) is 0 Å². The van der Waals surface area contributed by atoms with Crippen molar-refractivity contribution in [3.05, 3.63) is 59.7 Å². The van der Waals surface area contributed by atoms with Crippen LogP contribution in [0.4, 0.5) is 5.69 Å². The Bertz CT molecular complexity index is 1020. The molecule has 0 aromatic heterocycles. The zero-order chi connectivity index (χ0) is 22.0. The quantitative estimate of drug-likeness (QED) is 0.316. The molecule has 0 radical (unpaired) electrons. The Hall–Kier alpha value is -3.48. The van der Waals surface area contributed by atoms with Gasteiger partial charge in [0, 0.05) is 0 Å². The minimum Gasteiger partial charge on any atom is -0.496 e. The summed E-state index contributed by atoms with van der Waals surface area (Å²) in [6.45, 7) is 1.71. The van der Waals surface area contributed by atoms with E-state index in [4.69, 9.17) is 9.57 Å². The summed E-state index contributed by atoms with van der Waals surface area (Å²) >= 11 is 0. The lowest BCUT2D eigenvalue weighted by atomic mass is 9.81. The summed E-state index contributed by atoms with van der Waals surface area (Å²) < 4.78 is 5.16. The van der Waals surface area contributed by atoms with Crippen molar-refractivity contribution in [1.29, 1.82) is 0 Å². The molecule has 0 bridgehead atoms. The standard InChI is InChI=1S/C24H24N2O5/c1-15(25-31-24(29)20-9-5-6-10-21(20)30-2)16-11-13-17(14-12-16)26-22(27)18-7-3-4-8-19(18)23(26)28/h5-6,9-14,18-19H,3-4,7-8H2,1-2H3/b25-15-. The molecule has 1 saturated carbocycles. The van der Waals surface area contributed by atoms with Gasteiger partial charge < -0.3 is 9.57 Å². The molecule has 2 aromatic rings. The molecule has 1 heterocycles. The Morgan fingerprint density at radius 2 is 1.58 bits per heavy atom. The zero-order valence-electron chi connectivity index (χ0n) is 17.5. The molecule has 1 saturated heterocycles. The highest BCUT2D eigenvalue weighted by Crippen LogP contribution is 2.40. The summed E-state index contributed by atoms with van der Waals surface area (Å²) in [6, 6.07) is 13.7. The molecule has 7 nitrogen and oxygen atoms in total. The molecule has 0 N–H and O–H groups in total. The van der Waals surface area contributed by atoms with E-state index in [1.807, 2.05) is 0 Å². The molecule has 160 valence electrons. The first-order valence-electron chi connectivity index (χ1n) is 10.4. The first-order chi connectivity index (χ1) is 15.0. The Morgan fingerprint density at radius 3 is 2.19 bits per heavy atom. The minimum absolute atomic E-state index is 0.0985. The molecule has 31 heavy (non-hydrogen) atoms. The van der Waals surface area contributed by atoms with Crippen molar-refractivity contribution in [1.82, 2.24) is 0 Å². The van der Waals surface area contributed by atoms with E-state index in [0.717, 1.165) is 25.7 Å². The summed E-state index contributed by atoms with van der Waals surface area (Å²) in [5, 5.41) is 3.93. The summed E-state index contributed by atoms with van der Waals surface area (Å²) in [7, 11) is 1.48. The second-order valence-electron chi connectivity index (χ2n) is 7.81. The smallest absolute Gasteiger partial charge is 0.369 e. The summed E-state index contributed by atoms with van der Waals surface area (Å²) in [6.07, 6.45) is 3.56. The van der Waals surface area contributed by atoms with Crippen LogP contribution in [0.5, 0.6) is 5.75 Å². The van der Waals surface area contributed by atoms with E-state index in [2.05, 4.69) is 5.16 Å². The topological polar surface area (TPSA) is 85.3 Å². The van der Waals surface area contributed by atoms with Gasteiger partial charge in [-0.3, -0.25) is 14.5 Å². The van der Waals surface area contributed by atoms with E-state index in [1.165, 1.54) is 12.0 Å². The number of methoxy groups -OCH3 is 1. The Balaban J connectivity index is 1.47. The second-order valence-corrected chi connectivity index (χ2v) is 7.81. The largest absolute Gasteiger partial charge is 0.496 e. The van der Waals surface area contributed by atoms with E-state index in [-0.39, 0.29) is 29.2 Å². The van der Waals surface area contributed by atoms with E-state index in [9.17, 15) is 14.4 Å². The Morgan fingerprint density at radius 1 is 0.968 bits per heavy atom. The maximum Gasteiger partial charge on any atom is 0.369 e. The summed E-state index contributed by atoms with van der Waals surface area (Å²) in [5.74, 6) is -0.774. The molecular formula is C24H24N2O5. The molecule has 4 rings (SSSR count). The average molecular weight is 420 g/mol. The van der Waals surface area contributed by atoms with Crippen LogP contribution in [-0.4, -0.2) is 30.6 Å². The predicted molar refractivity (Wildman–Crippen MR) is 115 cm³/mol. The number of para-hydroxylation sites is 1. The number of rotatable bonds is 5. The number of fused-ring (bicyclic) bond motifs is 1.